The third-order valence-corrected chi connectivity index (χ3v) is 2.90. The zero-order valence-corrected chi connectivity index (χ0v) is 10.8. The van der Waals surface area contributed by atoms with Crippen molar-refractivity contribution in [1.82, 2.24) is 9.97 Å². The Balaban J connectivity index is 2.26. The van der Waals surface area contributed by atoms with E-state index in [0.717, 1.165) is 38.0 Å². The first-order valence-electron chi connectivity index (χ1n) is 6.44. The summed E-state index contributed by atoms with van der Waals surface area (Å²) >= 11 is 0. The van der Waals surface area contributed by atoms with Gasteiger partial charge in [0.2, 0.25) is 0 Å². The van der Waals surface area contributed by atoms with Gasteiger partial charge in [0.25, 0.3) is 0 Å². The number of hydrogen-bond acceptors (Lipinski definition) is 4. The summed E-state index contributed by atoms with van der Waals surface area (Å²) in [6.45, 7) is 2.95. The number of nitrogens with zero attached hydrogens (tertiary/aromatic N) is 2. The van der Waals surface area contributed by atoms with Crippen LogP contribution in [0.2, 0.25) is 0 Å². The quantitative estimate of drug-likeness (QED) is 0.705. The number of rotatable bonds is 9. The van der Waals surface area contributed by atoms with Crippen molar-refractivity contribution in [2.75, 3.05) is 11.9 Å². The molecule has 1 aromatic rings. The van der Waals surface area contributed by atoms with Crippen LogP contribution in [0.5, 0.6) is 0 Å². The van der Waals surface area contributed by atoms with E-state index in [0.29, 0.717) is 5.92 Å². The molecule has 0 saturated heterocycles. The van der Waals surface area contributed by atoms with Gasteiger partial charge in [-0.2, -0.15) is 0 Å². The van der Waals surface area contributed by atoms with Crippen LogP contribution >= 0.6 is 0 Å². The van der Waals surface area contributed by atoms with E-state index in [1.165, 1.54) is 6.33 Å². The average Bonchev–Trinajstić information content (AvgIpc) is 2.37. The predicted molar refractivity (Wildman–Crippen MR) is 70.4 cm³/mol. The van der Waals surface area contributed by atoms with E-state index in [2.05, 4.69) is 22.2 Å². The highest BCUT2D eigenvalue weighted by molar-refractivity contribution is 5.66. The SMILES string of the molecule is CCCC(CCNc1ccncn1)CCC(=O)O. The van der Waals surface area contributed by atoms with E-state index in [4.69, 9.17) is 5.11 Å². The Morgan fingerprint density at radius 3 is 2.89 bits per heavy atom. The average molecular weight is 251 g/mol. The number of hydrogen-bond donors (Lipinski definition) is 2. The molecule has 0 aliphatic rings. The smallest absolute Gasteiger partial charge is 0.303 e. The van der Waals surface area contributed by atoms with E-state index < -0.39 is 5.97 Å². The van der Waals surface area contributed by atoms with Gasteiger partial charge in [0, 0.05) is 19.2 Å². The summed E-state index contributed by atoms with van der Waals surface area (Å²) in [6.07, 6.45) is 7.38. The second-order valence-corrected chi connectivity index (χ2v) is 4.40. The third-order valence-electron chi connectivity index (χ3n) is 2.90. The Kier molecular flexibility index (Phi) is 6.76. The van der Waals surface area contributed by atoms with Crippen molar-refractivity contribution in [3.05, 3.63) is 18.6 Å². The summed E-state index contributed by atoms with van der Waals surface area (Å²) in [5.41, 5.74) is 0. The normalized spacial score (nSPS) is 12.1. The molecule has 0 saturated carbocycles. The maximum absolute atomic E-state index is 10.6. The molecule has 0 aliphatic heterocycles. The van der Waals surface area contributed by atoms with Crippen molar-refractivity contribution in [2.45, 2.75) is 39.0 Å². The molecule has 0 aromatic carbocycles. The Labute approximate surface area is 108 Å². The van der Waals surface area contributed by atoms with Crippen molar-refractivity contribution in [2.24, 2.45) is 5.92 Å². The third kappa shape index (κ3) is 6.18. The van der Waals surface area contributed by atoms with Crippen LogP contribution in [0.3, 0.4) is 0 Å². The predicted octanol–water partition coefficient (Wildman–Crippen LogP) is 2.56. The molecule has 1 aromatic heterocycles. The lowest BCUT2D eigenvalue weighted by Crippen LogP contribution is -2.11. The van der Waals surface area contributed by atoms with Gasteiger partial charge in [0.1, 0.15) is 12.1 Å². The number of carboxylic acids is 1. The summed E-state index contributed by atoms with van der Waals surface area (Å²) < 4.78 is 0. The molecule has 0 fully saturated rings. The van der Waals surface area contributed by atoms with Crippen molar-refractivity contribution in [3.8, 4) is 0 Å². The monoisotopic (exact) mass is 251 g/mol. The Morgan fingerprint density at radius 1 is 1.44 bits per heavy atom. The van der Waals surface area contributed by atoms with Crippen LogP contribution in [0, 0.1) is 5.92 Å². The molecule has 0 radical (unpaired) electrons. The Morgan fingerprint density at radius 2 is 2.28 bits per heavy atom. The van der Waals surface area contributed by atoms with Gasteiger partial charge in [0.15, 0.2) is 0 Å². The minimum Gasteiger partial charge on any atom is -0.481 e. The van der Waals surface area contributed by atoms with Gasteiger partial charge in [0.05, 0.1) is 0 Å². The molecule has 1 unspecified atom stereocenters. The molecule has 2 N–H and O–H groups in total. The van der Waals surface area contributed by atoms with E-state index in [1.807, 2.05) is 6.07 Å². The van der Waals surface area contributed by atoms with Gasteiger partial charge >= 0.3 is 5.97 Å². The summed E-state index contributed by atoms with van der Waals surface area (Å²) in [5, 5.41) is 11.9. The zero-order valence-electron chi connectivity index (χ0n) is 10.8. The first kappa shape index (κ1) is 14.4. The number of carboxylic acid groups (broad SMARTS) is 1. The summed E-state index contributed by atoms with van der Waals surface area (Å²) in [5.74, 6) is 0.582. The van der Waals surface area contributed by atoms with Crippen molar-refractivity contribution >= 4 is 11.8 Å². The van der Waals surface area contributed by atoms with Crippen molar-refractivity contribution in [3.63, 3.8) is 0 Å². The van der Waals surface area contributed by atoms with Gasteiger partial charge < -0.3 is 10.4 Å². The zero-order chi connectivity index (χ0) is 13.2. The fourth-order valence-corrected chi connectivity index (χ4v) is 1.97. The molecule has 5 nitrogen and oxygen atoms in total. The second kappa shape index (κ2) is 8.44. The van der Waals surface area contributed by atoms with Crippen molar-refractivity contribution < 1.29 is 9.90 Å². The summed E-state index contributed by atoms with van der Waals surface area (Å²) in [6, 6.07) is 1.83. The molecule has 0 aliphatic carbocycles. The molecular weight excluding hydrogens is 230 g/mol. The van der Waals surface area contributed by atoms with Crippen LogP contribution in [0.15, 0.2) is 18.6 Å². The van der Waals surface area contributed by atoms with Gasteiger partial charge in [-0.3, -0.25) is 4.79 Å². The first-order chi connectivity index (χ1) is 8.72. The standard InChI is InChI=1S/C13H21N3O2/c1-2-3-11(4-5-13(17)18)6-9-15-12-7-8-14-10-16-12/h7-8,10-11H,2-6,9H2,1H3,(H,17,18)(H,14,15,16). The van der Waals surface area contributed by atoms with E-state index in [-0.39, 0.29) is 6.42 Å². The lowest BCUT2D eigenvalue weighted by molar-refractivity contribution is -0.137. The Hall–Kier alpha value is -1.65. The fourth-order valence-electron chi connectivity index (χ4n) is 1.97. The Bertz CT molecular complexity index is 343. The number of nitrogens with one attached hydrogen (secondary N) is 1. The topological polar surface area (TPSA) is 75.1 Å². The van der Waals surface area contributed by atoms with Crippen LogP contribution in [0.1, 0.15) is 39.0 Å². The second-order valence-electron chi connectivity index (χ2n) is 4.40. The molecule has 5 heteroatoms. The highest BCUT2D eigenvalue weighted by atomic mass is 16.4. The van der Waals surface area contributed by atoms with Crippen LogP contribution in [-0.2, 0) is 4.79 Å². The number of aromatic nitrogens is 2. The molecule has 1 heterocycles. The summed E-state index contributed by atoms with van der Waals surface area (Å²) in [4.78, 5) is 18.5. The van der Waals surface area contributed by atoms with Crippen LogP contribution in [0.25, 0.3) is 0 Å². The van der Waals surface area contributed by atoms with Gasteiger partial charge in [-0.05, 0) is 24.8 Å². The fraction of sp³-hybridized carbons (Fsp3) is 0.615. The highest BCUT2D eigenvalue weighted by Crippen LogP contribution is 2.17. The molecular formula is C13H21N3O2. The van der Waals surface area contributed by atoms with Crippen molar-refractivity contribution in [1.29, 1.82) is 0 Å². The molecule has 1 atom stereocenters. The molecule has 0 spiro atoms. The van der Waals surface area contributed by atoms with Crippen LogP contribution < -0.4 is 5.32 Å². The van der Waals surface area contributed by atoms with E-state index in [1.54, 1.807) is 6.20 Å². The minimum absolute atomic E-state index is 0.262. The minimum atomic E-state index is -0.708. The van der Waals surface area contributed by atoms with E-state index >= 15 is 0 Å². The summed E-state index contributed by atoms with van der Waals surface area (Å²) in [7, 11) is 0. The van der Waals surface area contributed by atoms with Crippen LogP contribution in [0.4, 0.5) is 5.82 Å². The van der Waals surface area contributed by atoms with E-state index in [9.17, 15) is 4.79 Å². The van der Waals surface area contributed by atoms with Gasteiger partial charge in [-0.25, -0.2) is 9.97 Å². The van der Waals surface area contributed by atoms with Gasteiger partial charge in [-0.15, -0.1) is 0 Å². The molecule has 18 heavy (non-hydrogen) atoms. The molecule has 1 rings (SSSR count). The lowest BCUT2D eigenvalue weighted by atomic mass is 9.94. The van der Waals surface area contributed by atoms with Crippen LogP contribution in [-0.4, -0.2) is 27.6 Å². The molecule has 0 amide bonds. The maximum Gasteiger partial charge on any atom is 0.303 e. The number of anilines is 1. The molecule has 100 valence electrons. The number of carbonyl (C=O) groups is 1. The largest absolute Gasteiger partial charge is 0.481 e. The maximum atomic E-state index is 10.6. The van der Waals surface area contributed by atoms with Gasteiger partial charge in [-0.1, -0.05) is 19.8 Å². The lowest BCUT2D eigenvalue weighted by Gasteiger charge is -2.15. The first-order valence-corrected chi connectivity index (χ1v) is 6.44. The molecule has 0 bridgehead atoms. The highest BCUT2D eigenvalue weighted by Gasteiger charge is 2.09. The number of aliphatic carboxylic acids is 1.